The number of rotatable bonds is 7. The molecule has 0 aromatic heterocycles. The molecule has 2 rings (SSSR count). The molecule has 2 fully saturated rings. The third-order valence-corrected chi connectivity index (χ3v) is 6.65. The van der Waals surface area contributed by atoms with Crippen LogP contribution in [0.1, 0.15) is 53.9 Å². The molecule has 0 aliphatic heterocycles. The third kappa shape index (κ3) is 3.74. The van der Waals surface area contributed by atoms with Crippen molar-refractivity contribution >= 4 is 5.97 Å². The maximum atomic E-state index is 11.9. The average Bonchev–Trinajstić information content (AvgIpc) is 2.69. The standard InChI is InChI=1S/C19H36NO3/c1-14(2)23-17(21)13-20(6,7)10-11-22-16-12-15-8-9-19(16,5)18(15,3)4/h14-16H,8-13H2,1-7H3/q+1/t15-,16+,19-/m1/s1. The number of carbonyl (C=O) groups is 1. The number of nitrogens with zero attached hydrogens (tertiary/aromatic N) is 1. The summed E-state index contributed by atoms with van der Waals surface area (Å²) in [4.78, 5) is 11.9. The zero-order chi connectivity index (χ0) is 17.5. The van der Waals surface area contributed by atoms with Gasteiger partial charge in [-0.1, -0.05) is 20.8 Å². The lowest BCUT2D eigenvalue weighted by molar-refractivity contribution is -0.883. The Balaban J connectivity index is 1.80. The Bertz CT molecular complexity index is 444. The molecular weight excluding hydrogens is 290 g/mol. The van der Waals surface area contributed by atoms with Gasteiger partial charge in [0.2, 0.25) is 0 Å². The lowest BCUT2D eigenvalue weighted by atomic mass is 9.70. The van der Waals surface area contributed by atoms with E-state index in [0.717, 1.165) is 12.5 Å². The minimum Gasteiger partial charge on any atom is -0.459 e. The summed E-state index contributed by atoms with van der Waals surface area (Å²) in [6, 6.07) is 0. The molecule has 0 saturated heterocycles. The lowest BCUT2D eigenvalue weighted by Gasteiger charge is -2.39. The molecule has 23 heavy (non-hydrogen) atoms. The van der Waals surface area contributed by atoms with Crippen LogP contribution in [0.3, 0.4) is 0 Å². The van der Waals surface area contributed by atoms with E-state index in [-0.39, 0.29) is 12.1 Å². The van der Waals surface area contributed by atoms with E-state index in [1.54, 1.807) is 0 Å². The zero-order valence-electron chi connectivity index (χ0n) is 16.1. The molecule has 0 radical (unpaired) electrons. The van der Waals surface area contributed by atoms with Crippen LogP contribution in [0.2, 0.25) is 0 Å². The van der Waals surface area contributed by atoms with Crippen LogP contribution in [-0.2, 0) is 14.3 Å². The Morgan fingerprint density at radius 2 is 1.91 bits per heavy atom. The highest BCUT2D eigenvalue weighted by Gasteiger charge is 2.61. The summed E-state index contributed by atoms with van der Waals surface area (Å²) >= 11 is 0. The molecule has 0 heterocycles. The molecule has 0 unspecified atom stereocenters. The number of hydrogen-bond donors (Lipinski definition) is 0. The van der Waals surface area contributed by atoms with Gasteiger partial charge in [0.25, 0.3) is 0 Å². The minimum atomic E-state index is -0.127. The molecule has 0 amide bonds. The first-order chi connectivity index (χ1) is 10.5. The molecule has 2 bridgehead atoms. The molecule has 3 atom stereocenters. The molecule has 0 spiro atoms. The van der Waals surface area contributed by atoms with E-state index < -0.39 is 0 Å². The van der Waals surface area contributed by atoms with E-state index in [0.29, 0.717) is 34.6 Å². The molecule has 0 N–H and O–H groups in total. The summed E-state index contributed by atoms with van der Waals surface area (Å²) < 4.78 is 12.2. The average molecular weight is 327 g/mol. The van der Waals surface area contributed by atoms with Crippen molar-refractivity contribution in [2.45, 2.75) is 66.1 Å². The van der Waals surface area contributed by atoms with Crippen LogP contribution in [0.5, 0.6) is 0 Å². The summed E-state index contributed by atoms with van der Waals surface area (Å²) in [5.74, 6) is 0.680. The van der Waals surface area contributed by atoms with Gasteiger partial charge in [0.15, 0.2) is 6.54 Å². The van der Waals surface area contributed by atoms with Crippen molar-refractivity contribution in [2.75, 3.05) is 33.8 Å². The maximum absolute atomic E-state index is 11.9. The summed E-state index contributed by atoms with van der Waals surface area (Å²) in [5.41, 5.74) is 0.703. The van der Waals surface area contributed by atoms with Gasteiger partial charge in [-0.05, 0) is 49.9 Å². The van der Waals surface area contributed by atoms with Crippen LogP contribution in [0.4, 0.5) is 0 Å². The zero-order valence-corrected chi connectivity index (χ0v) is 16.1. The first-order valence-electron chi connectivity index (χ1n) is 9.11. The third-order valence-electron chi connectivity index (χ3n) is 6.65. The number of fused-ring (bicyclic) bond motifs is 2. The van der Waals surface area contributed by atoms with Crippen molar-refractivity contribution in [3.05, 3.63) is 0 Å². The van der Waals surface area contributed by atoms with Gasteiger partial charge >= 0.3 is 5.97 Å². The van der Waals surface area contributed by atoms with Crippen LogP contribution in [-0.4, -0.2) is 56.5 Å². The second-order valence-electron chi connectivity index (χ2n) is 9.33. The number of likely N-dealkylation sites (N-methyl/N-ethyl adjacent to an activating group) is 1. The second kappa shape index (κ2) is 6.36. The highest BCUT2D eigenvalue weighted by atomic mass is 16.5. The highest BCUT2D eigenvalue weighted by molar-refractivity contribution is 5.70. The fourth-order valence-corrected chi connectivity index (χ4v) is 4.55. The maximum Gasteiger partial charge on any atom is 0.362 e. The SMILES string of the molecule is CC(C)OC(=O)C[N+](C)(C)CCO[C@H]1C[C@H]2CC[C@@]1(C)C2(C)C. The first kappa shape index (κ1) is 18.7. The van der Waals surface area contributed by atoms with Crippen molar-refractivity contribution in [1.29, 1.82) is 0 Å². The summed E-state index contributed by atoms with van der Waals surface area (Å²) in [6.45, 7) is 13.0. The Labute approximate surface area is 142 Å². The number of esters is 1. The van der Waals surface area contributed by atoms with Gasteiger partial charge < -0.3 is 14.0 Å². The van der Waals surface area contributed by atoms with Gasteiger partial charge in [-0.15, -0.1) is 0 Å². The van der Waals surface area contributed by atoms with E-state index in [4.69, 9.17) is 9.47 Å². The van der Waals surface area contributed by atoms with Crippen LogP contribution >= 0.6 is 0 Å². The molecule has 4 nitrogen and oxygen atoms in total. The van der Waals surface area contributed by atoms with Crippen molar-refractivity contribution < 1.29 is 18.8 Å². The lowest BCUT2D eigenvalue weighted by Crippen LogP contribution is -2.47. The van der Waals surface area contributed by atoms with Crippen molar-refractivity contribution in [3.63, 3.8) is 0 Å². The van der Waals surface area contributed by atoms with Gasteiger partial charge in [0, 0.05) is 0 Å². The predicted molar refractivity (Wildman–Crippen MR) is 92.0 cm³/mol. The highest BCUT2D eigenvalue weighted by Crippen LogP contribution is 2.66. The molecule has 4 heteroatoms. The predicted octanol–water partition coefficient (Wildman–Crippen LogP) is 3.25. The largest absolute Gasteiger partial charge is 0.459 e. The van der Waals surface area contributed by atoms with Gasteiger partial charge in [0.05, 0.1) is 32.9 Å². The first-order valence-corrected chi connectivity index (χ1v) is 9.11. The number of quaternary nitrogens is 1. The van der Waals surface area contributed by atoms with E-state index in [1.165, 1.54) is 19.3 Å². The Hall–Kier alpha value is -0.610. The monoisotopic (exact) mass is 326 g/mol. The minimum absolute atomic E-state index is 0.0463. The normalized spacial score (nSPS) is 32.5. The van der Waals surface area contributed by atoms with Crippen molar-refractivity contribution in [3.8, 4) is 0 Å². The van der Waals surface area contributed by atoms with Crippen LogP contribution < -0.4 is 0 Å². The van der Waals surface area contributed by atoms with Crippen molar-refractivity contribution in [2.24, 2.45) is 16.7 Å². The van der Waals surface area contributed by atoms with Crippen molar-refractivity contribution in [1.82, 2.24) is 0 Å². The Kier molecular flexibility index (Phi) is 5.18. The molecule has 2 aliphatic carbocycles. The quantitative estimate of drug-likeness (QED) is 0.532. The fourth-order valence-electron chi connectivity index (χ4n) is 4.55. The van der Waals surface area contributed by atoms with Gasteiger partial charge in [-0.3, -0.25) is 0 Å². The molecule has 0 aromatic carbocycles. The van der Waals surface area contributed by atoms with E-state index in [1.807, 2.05) is 13.8 Å². The van der Waals surface area contributed by atoms with Gasteiger partial charge in [-0.2, -0.15) is 0 Å². The molecular formula is C19H36NO3+. The van der Waals surface area contributed by atoms with E-state index in [2.05, 4.69) is 34.9 Å². The number of hydrogen-bond acceptors (Lipinski definition) is 3. The topological polar surface area (TPSA) is 35.5 Å². The number of carbonyl (C=O) groups excluding carboxylic acids is 1. The number of ether oxygens (including phenoxy) is 2. The molecule has 2 saturated carbocycles. The van der Waals surface area contributed by atoms with Crippen LogP contribution in [0.25, 0.3) is 0 Å². The van der Waals surface area contributed by atoms with Crippen LogP contribution in [0.15, 0.2) is 0 Å². The van der Waals surface area contributed by atoms with Gasteiger partial charge in [0.1, 0.15) is 6.54 Å². The van der Waals surface area contributed by atoms with E-state index >= 15 is 0 Å². The van der Waals surface area contributed by atoms with Gasteiger partial charge in [-0.25, -0.2) is 4.79 Å². The molecule has 2 aliphatic rings. The Morgan fingerprint density at radius 1 is 1.26 bits per heavy atom. The second-order valence-corrected chi connectivity index (χ2v) is 9.33. The van der Waals surface area contributed by atoms with Crippen LogP contribution in [0, 0.1) is 16.7 Å². The fraction of sp³-hybridized carbons (Fsp3) is 0.947. The van der Waals surface area contributed by atoms with E-state index in [9.17, 15) is 4.79 Å². The molecule has 134 valence electrons. The summed E-state index contributed by atoms with van der Waals surface area (Å²) in [7, 11) is 4.13. The summed E-state index contributed by atoms with van der Waals surface area (Å²) in [5, 5.41) is 0. The Morgan fingerprint density at radius 3 is 2.39 bits per heavy atom. The molecule has 0 aromatic rings. The smallest absolute Gasteiger partial charge is 0.362 e. The summed E-state index contributed by atoms with van der Waals surface area (Å²) in [6.07, 6.45) is 4.17.